The number of aliphatic imine (C=N–C) groups is 1. The summed E-state index contributed by atoms with van der Waals surface area (Å²) in [4.78, 5) is 41.0. The lowest BCUT2D eigenvalue weighted by molar-refractivity contribution is -0.120. The highest BCUT2D eigenvalue weighted by Gasteiger charge is 2.31. The van der Waals surface area contributed by atoms with Crippen LogP contribution in [0.25, 0.3) is 16.9 Å². The molecule has 198 valence electrons. The van der Waals surface area contributed by atoms with Crippen LogP contribution in [0.15, 0.2) is 84.0 Å². The molecule has 8 nitrogen and oxygen atoms in total. The Balaban J connectivity index is 1.45. The van der Waals surface area contributed by atoms with Crippen molar-refractivity contribution in [2.45, 2.75) is 25.9 Å². The standard InChI is InChI=1S/C30H22ClFN6O2/c1-2-19-12-11-18(16-33-19)27-28(38-25(34-27)14-13-24(31)37-38)30(40)36-29-23(39)15-21-20(9-6-10-22(21)32)26(35-29)17-7-4-3-5-8-17/h3-14,16,29H,2,15H2,1H3,(H,36,40)/t29-/m1/s1. The van der Waals surface area contributed by atoms with Crippen LogP contribution in [0.4, 0.5) is 4.39 Å². The van der Waals surface area contributed by atoms with Gasteiger partial charge in [-0.1, -0.05) is 61.0 Å². The molecule has 1 aliphatic heterocycles. The van der Waals surface area contributed by atoms with Gasteiger partial charge in [0.15, 0.2) is 23.3 Å². The molecule has 0 spiro atoms. The number of carbonyl (C=O) groups excluding carboxylic acids is 2. The van der Waals surface area contributed by atoms with Gasteiger partial charge in [0.25, 0.3) is 5.91 Å². The molecule has 0 radical (unpaired) electrons. The molecule has 1 aliphatic rings. The number of carbonyl (C=O) groups is 2. The van der Waals surface area contributed by atoms with Crippen molar-refractivity contribution in [3.63, 3.8) is 0 Å². The Morgan fingerprint density at radius 1 is 1.05 bits per heavy atom. The van der Waals surface area contributed by atoms with Crippen molar-refractivity contribution in [2.75, 3.05) is 0 Å². The number of rotatable bonds is 5. The number of halogens is 2. The summed E-state index contributed by atoms with van der Waals surface area (Å²) in [6, 6.07) is 20.7. The van der Waals surface area contributed by atoms with Crippen LogP contribution in [0.1, 0.15) is 39.8 Å². The third-order valence-electron chi connectivity index (χ3n) is 6.72. The van der Waals surface area contributed by atoms with Crippen molar-refractivity contribution in [2.24, 2.45) is 4.99 Å². The quantitative estimate of drug-likeness (QED) is 0.335. The predicted molar refractivity (Wildman–Crippen MR) is 149 cm³/mol. The summed E-state index contributed by atoms with van der Waals surface area (Å²) >= 11 is 6.16. The van der Waals surface area contributed by atoms with Gasteiger partial charge < -0.3 is 5.32 Å². The molecule has 5 aromatic rings. The number of amides is 1. The number of nitrogens with one attached hydrogen (secondary N) is 1. The van der Waals surface area contributed by atoms with E-state index in [1.807, 2.05) is 49.4 Å². The number of aryl methyl sites for hydroxylation is 1. The van der Waals surface area contributed by atoms with Gasteiger partial charge in [-0.15, -0.1) is 0 Å². The minimum absolute atomic E-state index is 0.0701. The fourth-order valence-corrected chi connectivity index (χ4v) is 4.86. The Morgan fingerprint density at radius 2 is 1.88 bits per heavy atom. The van der Waals surface area contributed by atoms with Crippen LogP contribution in [-0.2, 0) is 17.6 Å². The van der Waals surface area contributed by atoms with E-state index < -0.39 is 23.7 Å². The van der Waals surface area contributed by atoms with E-state index in [4.69, 9.17) is 11.6 Å². The molecule has 6 rings (SSSR count). The maximum atomic E-state index is 14.9. The van der Waals surface area contributed by atoms with Gasteiger partial charge in [-0.05, 0) is 36.8 Å². The van der Waals surface area contributed by atoms with Crippen molar-refractivity contribution in [1.29, 1.82) is 0 Å². The summed E-state index contributed by atoms with van der Waals surface area (Å²) in [7, 11) is 0. The largest absolute Gasteiger partial charge is 0.323 e. The first kappa shape index (κ1) is 25.5. The molecule has 0 saturated heterocycles. The number of pyridine rings is 1. The van der Waals surface area contributed by atoms with E-state index in [0.717, 1.165) is 12.1 Å². The fourth-order valence-electron chi connectivity index (χ4n) is 4.72. The summed E-state index contributed by atoms with van der Waals surface area (Å²) in [6.07, 6.45) is 0.873. The number of benzene rings is 2. The number of aromatic nitrogens is 4. The molecule has 1 amide bonds. The van der Waals surface area contributed by atoms with E-state index in [2.05, 4.69) is 25.4 Å². The molecule has 3 aromatic heterocycles. The second-order valence-corrected chi connectivity index (χ2v) is 9.64. The van der Waals surface area contributed by atoms with Gasteiger partial charge in [0.2, 0.25) is 0 Å². The zero-order valence-corrected chi connectivity index (χ0v) is 22.1. The summed E-state index contributed by atoms with van der Waals surface area (Å²) < 4.78 is 16.2. The molecule has 40 heavy (non-hydrogen) atoms. The maximum absolute atomic E-state index is 14.9. The minimum atomic E-state index is -1.28. The SMILES string of the molecule is CCc1ccc(-c2nc3ccc(Cl)nn3c2C(=O)N[C@H]2N=C(c3ccccc3)c3cccc(F)c3CC2=O)cn1. The minimum Gasteiger partial charge on any atom is -0.323 e. The summed E-state index contributed by atoms with van der Waals surface area (Å²) in [6.45, 7) is 2.00. The average Bonchev–Trinajstić information content (AvgIpc) is 3.28. The number of hydrogen-bond acceptors (Lipinski definition) is 6. The second-order valence-electron chi connectivity index (χ2n) is 9.26. The van der Waals surface area contributed by atoms with E-state index in [-0.39, 0.29) is 22.8 Å². The molecule has 4 heterocycles. The molecule has 10 heteroatoms. The molecule has 2 aromatic carbocycles. The molecule has 0 saturated carbocycles. The van der Waals surface area contributed by atoms with Crippen LogP contribution in [0.3, 0.4) is 0 Å². The van der Waals surface area contributed by atoms with Crippen molar-refractivity contribution in [3.05, 3.63) is 118 Å². The highest BCUT2D eigenvalue weighted by Crippen LogP contribution is 2.27. The molecular formula is C30H22ClFN6O2. The highest BCUT2D eigenvalue weighted by atomic mass is 35.5. The topological polar surface area (TPSA) is 102 Å². The smallest absolute Gasteiger partial charge is 0.274 e. The van der Waals surface area contributed by atoms with Crippen LogP contribution in [-0.4, -0.2) is 43.1 Å². The molecule has 0 fully saturated rings. The monoisotopic (exact) mass is 552 g/mol. The maximum Gasteiger partial charge on any atom is 0.274 e. The van der Waals surface area contributed by atoms with E-state index in [1.165, 1.54) is 10.6 Å². The number of imidazole rings is 1. The zero-order chi connectivity index (χ0) is 27.8. The Bertz CT molecular complexity index is 1800. The second kappa shape index (κ2) is 10.4. The Hall–Kier alpha value is -4.76. The van der Waals surface area contributed by atoms with Crippen molar-refractivity contribution in [1.82, 2.24) is 24.9 Å². The lowest BCUT2D eigenvalue weighted by Crippen LogP contribution is -2.41. The van der Waals surface area contributed by atoms with Gasteiger partial charge in [-0.2, -0.15) is 5.10 Å². The van der Waals surface area contributed by atoms with Gasteiger partial charge in [-0.25, -0.2) is 13.9 Å². The van der Waals surface area contributed by atoms with Crippen LogP contribution < -0.4 is 5.32 Å². The van der Waals surface area contributed by atoms with Crippen molar-refractivity contribution >= 4 is 34.7 Å². The van der Waals surface area contributed by atoms with Gasteiger partial charge in [0, 0.05) is 40.6 Å². The molecule has 0 aliphatic carbocycles. The summed E-state index contributed by atoms with van der Waals surface area (Å²) in [5.41, 5.74) is 4.10. The lowest BCUT2D eigenvalue weighted by atomic mass is 9.95. The van der Waals surface area contributed by atoms with Crippen LogP contribution in [0.2, 0.25) is 5.15 Å². The fraction of sp³-hybridized carbons (Fsp3) is 0.133. The first-order chi connectivity index (χ1) is 19.4. The van der Waals surface area contributed by atoms with Gasteiger partial charge in [0.05, 0.1) is 5.71 Å². The number of fused-ring (bicyclic) bond motifs is 2. The zero-order valence-electron chi connectivity index (χ0n) is 21.3. The van der Waals surface area contributed by atoms with Gasteiger partial charge in [-0.3, -0.25) is 19.6 Å². The average molecular weight is 553 g/mol. The lowest BCUT2D eigenvalue weighted by Gasteiger charge is -2.14. The molecular weight excluding hydrogens is 531 g/mol. The first-order valence-electron chi connectivity index (χ1n) is 12.7. The Labute approximate surface area is 233 Å². The third-order valence-corrected chi connectivity index (χ3v) is 6.93. The van der Waals surface area contributed by atoms with Crippen LogP contribution in [0, 0.1) is 5.82 Å². The van der Waals surface area contributed by atoms with Crippen molar-refractivity contribution in [3.8, 4) is 11.3 Å². The molecule has 0 unspecified atom stereocenters. The van der Waals surface area contributed by atoms with E-state index >= 15 is 0 Å². The number of nitrogens with zero attached hydrogens (tertiary/aromatic N) is 5. The Morgan fingerprint density at radius 3 is 2.62 bits per heavy atom. The van der Waals surface area contributed by atoms with Crippen LogP contribution >= 0.6 is 11.6 Å². The Kier molecular flexibility index (Phi) is 6.65. The molecule has 1 atom stereocenters. The number of ketones is 1. The van der Waals surface area contributed by atoms with E-state index in [1.54, 1.807) is 30.5 Å². The van der Waals surface area contributed by atoms with Crippen molar-refractivity contribution < 1.29 is 14.0 Å². The molecule has 0 bridgehead atoms. The third kappa shape index (κ3) is 4.65. The number of Topliss-reactive ketones (excluding diaryl/α,β-unsaturated/α-hetero) is 1. The number of hydrogen-bond donors (Lipinski definition) is 1. The normalized spacial score (nSPS) is 14.9. The van der Waals surface area contributed by atoms with Gasteiger partial charge in [0.1, 0.15) is 16.7 Å². The van der Waals surface area contributed by atoms with E-state index in [0.29, 0.717) is 33.7 Å². The van der Waals surface area contributed by atoms with Gasteiger partial charge >= 0.3 is 0 Å². The predicted octanol–water partition coefficient (Wildman–Crippen LogP) is 4.86. The van der Waals surface area contributed by atoms with E-state index in [9.17, 15) is 14.0 Å². The summed E-state index contributed by atoms with van der Waals surface area (Å²) in [5.74, 6) is -1.61. The van der Waals surface area contributed by atoms with Crippen LogP contribution in [0.5, 0.6) is 0 Å². The molecule has 1 N–H and O–H groups in total. The first-order valence-corrected chi connectivity index (χ1v) is 13.1. The summed E-state index contributed by atoms with van der Waals surface area (Å²) in [5, 5.41) is 7.19. The highest BCUT2D eigenvalue weighted by molar-refractivity contribution is 6.29.